The van der Waals surface area contributed by atoms with Crippen LogP contribution in [0.5, 0.6) is 0 Å². The Kier molecular flexibility index (Phi) is 37.5. The third-order valence-electron chi connectivity index (χ3n) is 0.977. The summed E-state index contributed by atoms with van der Waals surface area (Å²) in [6, 6.07) is 0. The standard InChI is InChI=1S/C7H9N2.2C2H6.C2H3.Y/c1-3-4-9-5-7(2)8-6-9;3*1-2;/h3-5H,1-2H3;2*1-2H3;1H,2H2;/q-1;;;-1;/b4-3-;;;;. The number of aryl methyl sites for hydroxylation is 1. The largest absolute Gasteiger partial charge is 0.521 e. The Balaban J connectivity index is -0.0000000900. The Morgan fingerprint density at radius 2 is 1.75 bits per heavy atom. The van der Waals surface area contributed by atoms with E-state index in [1.54, 1.807) is 4.57 Å². The van der Waals surface area contributed by atoms with Gasteiger partial charge in [0.05, 0.1) is 0 Å². The maximum absolute atomic E-state index is 4.25. The molecule has 0 amide bonds. The average molecular weight is 297 g/mol. The average Bonchev–Trinajstić information content (AvgIpc) is 2.73. The van der Waals surface area contributed by atoms with Gasteiger partial charge in [0.15, 0.2) is 0 Å². The van der Waals surface area contributed by atoms with E-state index in [1.807, 2.05) is 60.0 Å². The van der Waals surface area contributed by atoms with Gasteiger partial charge < -0.3 is 16.1 Å². The minimum Gasteiger partial charge on any atom is -0.521 e. The van der Waals surface area contributed by atoms with Crippen LogP contribution < -0.4 is 0 Å². The summed E-state index contributed by atoms with van der Waals surface area (Å²) in [5.74, 6) is 0. The van der Waals surface area contributed by atoms with Crippen molar-refractivity contribution in [3.63, 3.8) is 0 Å². The van der Waals surface area contributed by atoms with Gasteiger partial charge >= 0.3 is 0 Å². The smallest absolute Gasteiger partial charge is 0.0405 e. The molecule has 16 heavy (non-hydrogen) atoms. The summed E-state index contributed by atoms with van der Waals surface area (Å²) in [6.45, 7) is 18.9. The molecule has 0 unspecified atom stereocenters. The van der Waals surface area contributed by atoms with Crippen molar-refractivity contribution in [2.24, 2.45) is 0 Å². The first-order chi connectivity index (χ1) is 7.33. The molecule has 0 aromatic carbocycles. The fourth-order valence-corrected chi connectivity index (χ4v) is 0.633. The summed E-state index contributed by atoms with van der Waals surface area (Å²) in [7, 11) is 0. The monoisotopic (exact) mass is 297 g/mol. The molecule has 0 saturated carbocycles. The third kappa shape index (κ3) is 16.2. The summed E-state index contributed by atoms with van der Waals surface area (Å²) in [5.41, 5.74) is 0.994. The minimum absolute atomic E-state index is 0. The molecule has 1 radical (unpaired) electrons. The topological polar surface area (TPSA) is 17.8 Å². The second-order valence-corrected chi connectivity index (χ2v) is 1.87. The fraction of sp³-hybridized carbons (Fsp3) is 0.462. The van der Waals surface area contributed by atoms with Crippen LogP contribution in [0.4, 0.5) is 0 Å². The van der Waals surface area contributed by atoms with Crippen LogP contribution in [0.2, 0.25) is 0 Å². The summed E-state index contributed by atoms with van der Waals surface area (Å²) in [6.07, 6.45) is 8.55. The molecule has 91 valence electrons. The number of hydrogen-bond acceptors (Lipinski definition) is 1. The first-order valence-electron chi connectivity index (χ1n) is 5.29. The van der Waals surface area contributed by atoms with E-state index in [9.17, 15) is 0 Å². The van der Waals surface area contributed by atoms with Crippen LogP contribution in [0.15, 0.2) is 18.9 Å². The van der Waals surface area contributed by atoms with Crippen molar-refractivity contribution >= 4 is 6.20 Å². The molecule has 1 aromatic heterocycles. The molecule has 1 aromatic rings. The van der Waals surface area contributed by atoms with Gasteiger partial charge in [0.25, 0.3) is 0 Å². The second kappa shape index (κ2) is 24.2. The number of allylic oxidation sites excluding steroid dienone is 1. The Hall–Kier alpha value is -0.206. The summed E-state index contributed by atoms with van der Waals surface area (Å²) >= 11 is 0. The SMILES string of the molecule is C/C=C\n1[c-]nc(C)c1.CC.CC.[CH-]=C.[Y]. The van der Waals surface area contributed by atoms with Crippen molar-refractivity contribution in [2.45, 2.75) is 41.5 Å². The van der Waals surface area contributed by atoms with E-state index in [-0.39, 0.29) is 32.7 Å². The maximum atomic E-state index is 4.25. The zero-order valence-electron chi connectivity index (χ0n) is 11.5. The Labute approximate surface area is 127 Å². The minimum atomic E-state index is 0. The molecular weight excluding hydrogens is 273 g/mol. The van der Waals surface area contributed by atoms with E-state index < -0.39 is 0 Å². The normalized spacial score (nSPS) is 7.12. The van der Waals surface area contributed by atoms with Gasteiger partial charge in [-0.1, -0.05) is 59.6 Å². The molecule has 1 rings (SSSR count). The second-order valence-electron chi connectivity index (χ2n) is 1.87. The summed E-state index contributed by atoms with van der Waals surface area (Å²) in [5, 5.41) is 0. The zero-order chi connectivity index (χ0) is 12.7. The van der Waals surface area contributed by atoms with E-state index >= 15 is 0 Å². The molecule has 0 N–H and O–H groups in total. The Bertz CT molecular complexity index is 230. The van der Waals surface area contributed by atoms with Crippen LogP contribution >= 0.6 is 0 Å². The molecule has 0 fully saturated rings. The molecule has 0 aliphatic rings. The van der Waals surface area contributed by atoms with Crippen molar-refractivity contribution in [1.82, 2.24) is 9.55 Å². The predicted octanol–water partition coefficient (Wildman–Crippen LogP) is 4.14. The van der Waals surface area contributed by atoms with Crippen LogP contribution in [0.3, 0.4) is 0 Å². The number of aromatic nitrogens is 2. The van der Waals surface area contributed by atoms with Gasteiger partial charge in [-0.25, -0.2) is 0 Å². The first kappa shape index (κ1) is 24.9. The van der Waals surface area contributed by atoms with Crippen molar-refractivity contribution in [3.05, 3.63) is 37.5 Å². The van der Waals surface area contributed by atoms with Crippen molar-refractivity contribution in [2.75, 3.05) is 0 Å². The van der Waals surface area contributed by atoms with E-state index in [0.29, 0.717) is 0 Å². The van der Waals surface area contributed by atoms with Gasteiger partial charge in [-0.3, -0.25) is 6.58 Å². The molecular formula is C13H24N2Y-2. The van der Waals surface area contributed by atoms with E-state index in [0.717, 1.165) is 5.69 Å². The number of imidazole rings is 1. The van der Waals surface area contributed by atoms with Gasteiger partial charge in [0, 0.05) is 39.0 Å². The summed E-state index contributed by atoms with van der Waals surface area (Å²) in [4.78, 5) is 3.92. The molecule has 2 nitrogen and oxygen atoms in total. The fourth-order valence-electron chi connectivity index (χ4n) is 0.633. The number of rotatable bonds is 1. The van der Waals surface area contributed by atoms with Gasteiger partial charge in [0.1, 0.15) is 0 Å². The first-order valence-corrected chi connectivity index (χ1v) is 5.29. The van der Waals surface area contributed by atoms with Crippen molar-refractivity contribution in [1.29, 1.82) is 0 Å². The molecule has 0 aliphatic carbocycles. The zero-order valence-corrected chi connectivity index (χ0v) is 14.3. The van der Waals surface area contributed by atoms with E-state index in [1.165, 1.54) is 0 Å². The molecule has 0 aliphatic heterocycles. The molecule has 0 atom stereocenters. The van der Waals surface area contributed by atoms with E-state index in [4.69, 9.17) is 0 Å². The molecule has 0 spiro atoms. The van der Waals surface area contributed by atoms with Gasteiger partial charge in [-0.15, -0.1) is 6.08 Å². The van der Waals surface area contributed by atoms with Crippen LogP contribution in [-0.4, -0.2) is 9.55 Å². The van der Waals surface area contributed by atoms with Gasteiger partial charge in [-0.05, 0) is 0 Å². The van der Waals surface area contributed by atoms with Crippen molar-refractivity contribution < 1.29 is 32.7 Å². The van der Waals surface area contributed by atoms with Crippen LogP contribution in [-0.2, 0) is 32.7 Å². The van der Waals surface area contributed by atoms with Gasteiger partial charge in [-0.2, -0.15) is 0 Å². The quantitative estimate of drug-likeness (QED) is 0.712. The number of nitrogens with zero attached hydrogens (tertiary/aromatic N) is 2. The van der Waals surface area contributed by atoms with Crippen LogP contribution in [0, 0.1) is 19.8 Å². The molecule has 0 bridgehead atoms. The predicted molar refractivity (Wildman–Crippen MR) is 69.4 cm³/mol. The molecule has 0 saturated heterocycles. The summed E-state index contributed by atoms with van der Waals surface area (Å²) < 4.78 is 1.80. The molecule has 1 heterocycles. The van der Waals surface area contributed by atoms with Crippen LogP contribution in [0.25, 0.3) is 6.20 Å². The maximum Gasteiger partial charge on any atom is 0.0405 e. The number of hydrogen-bond donors (Lipinski definition) is 0. The van der Waals surface area contributed by atoms with E-state index in [2.05, 4.69) is 24.5 Å². The Morgan fingerprint density at radius 1 is 1.31 bits per heavy atom. The Morgan fingerprint density at radius 3 is 2.00 bits per heavy atom. The molecule has 3 heteroatoms. The van der Waals surface area contributed by atoms with Gasteiger partial charge in [0.2, 0.25) is 0 Å². The van der Waals surface area contributed by atoms with Crippen LogP contribution in [0.1, 0.15) is 40.3 Å². The van der Waals surface area contributed by atoms with Crippen molar-refractivity contribution in [3.8, 4) is 0 Å². The third-order valence-corrected chi connectivity index (χ3v) is 0.977.